The lowest BCUT2D eigenvalue weighted by Crippen LogP contribution is -2.21. The number of hydrogen-bond acceptors (Lipinski definition) is 3. The summed E-state index contributed by atoms with van der Waals surface area (Å²) in [5.74, 6) is 0.814. The molecule has 0 aromatic carbocycles. The molecule has 1 saturated carbocycles. The van der Waals surface area contributed by atoms with E-state index in [1.54, 1.807) is 11.3 Å². The summed E-state index contributed by atoms with van der Waals surface area (Å²) in [7, 11) is 0. The molecule has 2 unspecified atom stereocenters. The first-order chi connectivity index (χ1) is 5.86. The van der Waals surface area contributed by atoms with Gasteiger partial charge in [-0.25, -0.2) is 4.98 Å². The standard InChI is InChI=1S/C9H14N2S/c1-7-3-2-4-8(7)11-9-10-5-6-12-9/h5-8H,2-4H2,1H3,(H,10,11). The molecule has 0 aliphatic heterocycles. The number of nitrogens with one attached hydrogen (secondary N) is 1. The van der Waals surface area contributed by atoms with Crippen LogP contribution in [-0.4, -0.2) is 11.0 Å². The van der Waals surface area contributed by atoms with E-state index in [-0.39, 0.29) is 0 Å². The lowest BCUT2D eigenvalue weighted by Gasteiger charge is -2.15. The van der Waals surface area contributed by atoms with E-state index >= 15 is 0 Å². The SMILES string of the molecule is CC1CCCC1Nc1nccs1. The van der Waals surface area contributed by atoms with Crippen LogP contribution in [0.3, 0.4) is 0 Å². The third-order valence-corrected chi connectivity index (χ3v) is 3.31. The highest BCUT2D eigenvalue weighted by Gasteiger charge is 2.23. The van der Waals surface area contributed by atoms with E-state index in [9.17, 15) is 0 Å². The van der Waals surface area contributed by atoms with E-state index in [0.29, 0.717) is 6.04 Å². The van der Waals surface area contributed by atoms with Crippen molar-refractivity contribution in [1.29, 1.82) is 0 Å². The van der Waals surface area contributed by atoms with Crippen LogP contribution in [0.2, 0.25) is 0 Å². The highest BCUT2D eigenvalue weighted by atomic mass is 32.1. The molecule has 1 aromatic rings. The third kappa shape index (κ3) is 1.61. The van der Waals surface area contributed by atoms with Gasteiger partial charge in [-0.05, 0) is 18.8 Å². The Labute approximate surface area is 77.0 Å². The molecule has 2 nitrogen and oxygen atoms in total. The molecule has 12 heavy (non-hydrogen) atoms. The van der Waals surface area contributed by atoms with Gasteiger partial charge in [-0.15, -0.1) is 11.3 Å². The van der Waals surface area contributed by atoms with Crippen LogP contribution in [0, 0.1) is 5.92 Å². The molecule has 1 aliphatic rings. The average Bonchev–Trinajstić information content (AvgIpc) is 2.65. The topological polar surface area (TPSA) is 24.9 Å². The Kier molecular flexibility index (Phi) is 2.30. The first kappa shape index (κ1) is 8.05. The normalized spacial score (nSPS) is 29.1. The molecular formula is C9H14N2S. The van der Waals surface area contributed by atoms with E-state index in [4.69, 9.17) is 0 Å². The maximum absolute atomic E-state index is 4.22. The predicted molar refractivity (Wildman–Crippen MR) is 52.5 cm³/mol. The van der Waals surface area contributed by atoms with Crippen LogP contribution in [0.25, 0.3) is 0 Å². The molecule has 1 aliphatic carbocycles. The van der Waals surface area contributed by atoms with Crippen molar-refractivity contribution in [2.45, 2.75) is 32.2 Å². The zero-order chi connectivity index (χ0) is 8.39. The van der Waals surface area contributed by atoms with Gasteiger partial charge in [0.2, 0.25) is 0 Å². The first-order valence-corrected chi connectivity index (χ1v) is 5.40. The number of anilines is 1. The molecule has 0 saturated heterocycles. The van der Waals surface area contributed by atoms with Crippen LogP contribution >= 0.6 is 11.3 Å². The van der Waals surface area contributed by atoms with Crippen LogP contribution in [0.5, 0.6) is 0 Å². The number of rotatable bonds is 2. The first-order valence-electron chi connectivity index (χ1n) is 4.52. The van der Waals surface area contributed by atoms with Crippen LogP contribution in [0.15, 0.2) is 11.6 Å². The second-order valence-corrected chi connectivity index (χ2v) is 4.39. The second kappa shape index (κ2) is 3.44. The van der Waals surface area contributed by atoms with Crippen molar-refractivity contribution in [2.75, 3.05) is 5.32 Å². The minimum Gasteiger partial charge on any atom is -0.359 e. The predicted octanol–water partition coefficient (Wildman–Crippen LogP) is 2.74. The Hall–Kier alpha value is -0.570. The summed E-state index contributed by atoms with van der Waals surface area (Å²) in [5.41, 5.74) is 0. The Balaban J connectivity index is 1.95. The molecule has 66 valence electrons. The van der Waals surface area contributed by atoms with E-state index in [1.165, 1.54) is 19.3 Å². The van der Waals surface area contributed by atoms with Gasteiger partial charge in [0, 0.05) is 17.6 Å². The van der Waals surface area contributed by atoms with E-state index in [0.717, 1.165) is 11.0 Å². The molecule has 1 fully saturated rings. The van der Waals surface area contributed by atoms with Gasteiger partial charge in [0.05, 0.1) is 0 Å². The fraction of sp³-hybridized carbons (Fsp3) is 0.667. The lowest BCUT2D eigenvalue weighted by atomic mass is 10.1. The van der Waals surface area contributed by atoms with E-state index in [2.05, 4.69) is 17.2 Å². The lowest BCUT2D eigenvalue weighted by molar-refractivity contribution is 0.556. The van der Waals surface area contributed by atoms with Gasteiger partial charge in [0.15, 0.2) is 5.13 Å². The fourth-order valence-corrected chi connectivity index (χ4v) is 2.40. The summed E-state index contributed by atoms with van der Waals surface area (Å²) in [5, 5.41) is 6.57. The molecule has 0 bridgehead atoms. The molecule has 1 aromatic heterocycles. The zero-order valence-electron chi connectivity index (χ0n) is 7.29. The van der Waals surface area contributed by atoms with E-state index in [1.807, 2.05) is 11.6 Å². The van der Waals surface area contributed by atoms with Crippen molar-refractivity contribution >= 4 is 16.5 Å². The van der Waals surface area contributed by atoms with Gasteiger partial charge in [0.1, 0.15) is 0 Å². The quantitative estimate of drug-likeness (QED) is 0.760. The van der Waals surface area contributed by atoms with Gasteiger partial charge >= 0.3 is 0 Å². The van der Waals surface area contributed by atoms with Crippen molar-refractivity contribution in [2.24, 2.45) is 5.92 Å². The molecule has 2 rings (SSSR count). The molecule has 0 amide bonds. The molecule has 2 atom stereocenters. The third-order valence-electron chi connectivity index (χ3n) is 2.60. The minimum absolute atomic E-state index is 0.663. The van der Waals surface area contributed by atoms with Crippen molar-refractivity contribution in [3.63, 3.8) is 0 Å². The highest BCUT2D eigenvalue weighted by Crippen LogP contribution is 2.28. The summed E-state index contributed by atoms with van der Waals surface area (Å²) in [6, 6.07) is 0.663. The number of nitrogens with zero attached hydrogens (tertiary/aromatic N) is 1. The summed E-state index contributed by atoms with van der Waals surface area (Å²) < 4.78 is 0. The minimum atomic E-state index is 0.663. The van der Waals surface area contributed by atoms with Crippen LogP contribution in [0.4, 0.5) is 5.13 Å². The molecule has 0 radical (unpaired) electrons. The van der Waals surface area contributed by atoms with E-state index < -0.39 is 0 Å². The Morgan fingerprint density at radius 2 is 2.50 bits per heavy atom. The average molecular weight is 182 g/mol. The van der Waals surface area contributed by atoms with Gasteiger partial charge in [-0.2, -0.15) is 0 Å². The second-order valence-electron chi connectivity index (χ2n) is 3.50. The van der Waals surface area contributed by atoms with Gasteiger partial charge < -0.3 is 5.32 Å². The number of aromatic nitrogens is 1. The highest BCUT2D eigenvalue weighted by molar-refractivity contribution is 7.13. The van der Waals surface area contributed by atoms with Crippen molar-refractivity contribution in [3.8, 4) is 0 Å². The molecule has 1 heterocycles. The maximum Gasteiger partial charge on any atom is 0.182 e. The summed E-state index contributed by atoms with van der Waals surface area (Å²) in [4.78, 5) is 4.22. The van der Waals surface area contributed by atoms with Crippen molar-refractivity contribution in [1.82, 2.24) is 4.98 Å². The Morgan fingerprint density at radius 3 is 3.08 bits per heavy atom. The molecule has 3 heteroatoms. The van der Waals surface area contributed by atoms with Crippen LogP contribution in [0.1, 0.15) is 26.2 Å². The fourth-order valence-electron chi connectivity index (χ4n) is 1.81. The molecule has 0 spiro atoms. The molecule has 1 N–H and O–H groups in total. The van der Waals surface area contributed by atoms with Crippen LogP contribution in [-0.2, 0) is 0 Å². The van der Waals surface area contributed by atoms with Gasteiger partial charge in [0.25, 0.3) is 0 Å². The number of hydrogen-bond donors (Lipinski definition) is 1. The van der Waals surface area contributed by atoms with Crippen LogP contribution < -0.4 is 5.32 Å². The zero-order valence-corrected chi connectivity index (χ0v) is 8.10. The Morgan fingerprint density at radius 1 is 1.58 bits per heavy atom. The largest absolute Gasteiger partial charge is 0.359 e. The summed E-state index contributed by atoms with van der Waals surface area (Å²) >= 11 is 1.69. The van der Waals surface area contributed by atoms with Crippen molar-refractivity contribution < 1.29 is 0 Å². The monoisotopic (exact) mass is 182 g/mol. The van der Waals surface area contributed by atoms with Gasteiger partial charge in [-0.3, -0.25) is 0 Å². The Bertz CT molecular complexity index is 233. The maximum atomic E-state index is 4.22. The summed E-state index contributed by atoms with van der Waals surface area (Å²) in [6.45, 7) is 2.32. The number of thiazole rings is 1. The smallest absolute Gasteiger partial charge is 0.182 e. The summed E-state index contributed by atoms with van der Waals surface area (Å²) in [6.07, 6.45) is 5.89. The van der Waals surface area contributed by atoms with Gasteiger partial charge in [-0.1, -0.05) is 13.3 Å². The van der Waals surface area contributed by atoms with Crippen molar-refractivity contribution in [3.05, 3.63) is 11.6 Å². The molecular weight excluding hydrogens is 168 g/mol.